The van der Waals surface area contributed by atoms with E-state index in [-0.39, 0.29) is 11.4 Å². The van der Waals surface area contributed by atoms with E-state index in [4.69, 9.17) is 11.6 Å². The Labute approximate surface area is 132 Å². The van der Waals surface area contributed by atoms with Crippen LogP contribution in [0.2, 0.25) is 5.02 Å². The molecule has 0 saturated carbocycles. The second-order valence-electron chi connectivity index (χ2n) is 6.07. The van der Waals surface area contributed by atoms with Gasteiger partial charge in [-0.3, -0.25) is 4.79 Å². The molecular formula is C16H26ClN3O. The van der Waals surface area contributed by atoms with Gasteiger partial charge in [-0.25, -0.2) is 0 Å². The van der Waals surface area contributed by atoms with Crippen LogP contribution in [0.25, 0.3) is 0 Å². The highest BCUT2D eigenvalue weighted by Crippen LogP contribution is 2.24. The number of nitrogens with one attached hydrogen (secondary N) is 2. The first-order chi connectivity index (χ1) is 9.76. The Morgan fingerprint density at radius 3 is 2.48 bits per heavy atom. The highest BCUT2D eigenvalue weighted by atomic mass is 35.5. The fourth-order valence-corrected chi connectivity index (χ4v) is 2.12. The van der Waals surface area contributed by atoms with E-state index < -0.39 is 0 Å². The third-order valence-electron chi connectivity index (χ3n) is 3.21. The third kappa shape index (κ3) is 5.94. The molecule has 1 aromatic carbocycles. The second kappa shape index (κ2) is 7.66. The number of nitrogens with zero attached hydrogens (tertiary/aromatic N) is 1. The maximum atomic E-state index is 11.5. The zero-order chi connectivity index (χ0) is 16.0. The lowest BCUT2D eigenvalue weighted by Crippen LogP contribution is -2.36. The van der Waals surface area contributed by atoms with Gasteiger partial charge in [0.25, 0.3) is 0 Å². The number of rotatable bonds is 6. The molecule has 0 unspecified atom stereocenters. The van der Waals surface area contributed by atoms with Crippen molar-refractivity contribution in [1.29, 1.82) is 0 Å². The van der Waals surface area contributed by atoms with Crippen LogP contribution in [-0.4, -0.2) is 31.6 Å². The van der Waals surface area contributed by atoms with Crippen LogP contribution >= 0.6 is 11.6 Å². The molecule has 5 heteroatoms. The summed E-state index contributed by atoms with van der Waals surface area (Å²) in [7, 11) is 1.64. The van der Waals surface area contributed by atoms with Gasteiger partial charge in [-0.05, 0) is 45.4 Å². The molecule has 0 radical (unpaired) electrons. The summed E-state index contributed by atoms with van der Waals surface area (Å²) < 4.78 is 0. The lowest BCUT2D eigenvalue weighted by Gasteiger charge is -2.24. The molecule has 0 aromatic heterocycles. The fourth-order valence-electron chi connectivity index (χ4n) is 1.87. The molecule has 0 heterocycles. The van der Waals surface area contributed by atoms with Crippen LogP contribution in [0, 0.1) is 0 Å². The average Bonchev–Trinajstić information content (AvgIpc) is 2.42. The van der Waals surface area contributed by atoms with E-state index in [0.717, 1.165) is 29.4 Å². The number of benzene rings is 1. The van der Waals surface area contributed by atoms with Crippen molar-refractivity contribution in [2.45, 2.75) is 39.8 Å². The Morgan fingerprint density at radius 2 is 2.00 bits per heavy atom. The highest BCUT2D eigenvalue weighted by Gasteiger charge is 2.13. The number of hydrogen-bond acceptors (Lipinski definition) is 3. The van der Waals surface area contributed by atoms with Crippen LogP contribution in [0.3, 0.4) is 0 Å². The first-order valence-electron chi connectivity index (χ1n) is 7.25. The third-order valence-corrected chi connectivity index (χ3v) is 3.56. The molecule has 0 aliphatic rings. The molecule has 2 N–H and O–H groups in total. The minimum absolute atomic E-state index is 0.00792. The molecule has 4 nitrogen and oxygen atoms in total. The molecule has 0 spiro atoms. The molecule has 0 bridgehead atoms. The SMILES string of the molecule is CCN(CC(=O)NC)c1ccc(CNC(C)(C)C)c(Cl)c1. The van der Waals surface area contributed by atoms with Crippen LogP contribution in [0.15, 0.2) is 18.2 Å². The lowest BCUT2D eigenvalue weighted by molar-refractivity contribution is -0.119. The summed E-state index contributed by atoms with van der Waals surface area (Å²) in [5, 5.41) is 6.78. The standard InChI is InChI=1S/C16H26ClN3O/c1-6-20(11-15(21)18-5)13-8-7-12(14(17)9-13)10-19-16(2,3)4/h7-9,19H,6,10-11H2,1-5H3,(H,18,21). The predicted molar refractivity (Wildman–Crippen MR) is 90.0 cm³/mol. The first-order valence-corrected chi connectivity index (χ1v) is 7.63. The van der Waals surface area contributed by atoms with Crippen molar-refractivity contribution in [2.75, 3.05) is 25.0 Å². The molecule has 0 fully saturated rings. The van der Waals surface area contributed by atoms with Crippen molar-refractivity contribution < 1.29 is 4.79 Å². The zero-order valence-electron chi connectivity index (χ0n) is 13.6. The predicted octanol–water partition coefficient (Wildman–Crippen LogP) is 2.80. The summed E-state index contributed by atoms with van der Waals surface area (Å²) in [5.74, 6) is -0.00792. The van der Waals surface area contributed by atoms with Gasteiger partial charge in [-0.2, -0.15) is 0 Å². The van der Waals surface area contributed by atoms with Crippen molar-refractivity contribution in [3.8, 4) is 0 Å². The summed E-state index contributed by atoms with van der Waals surface area (Å²) in [6, 6.07) is 5.95. The normalized spacial score (nSPS) is 11.3. The zero-order valence-corrected chi connectivity index (χ0v) is 14.3. The smallest absolute Gasteiger partial charge is 0.239 e. The van der Waals surface area contributed by atoms with E-state index >= 15 is 0 Å². The van der Waals surface area contributed by atoms with Crippen LogP contribution in [0.1, 0.15) is 33.3 Å². The number of carbonyl (C=O) groups excluding carboxylic acids is 1. The largest absolute Gasteiger partial charge is 0.362 e. The Hall–Kier alpha value is -1.26. The second-order valence-corrected chi connectivity index (χ2v) is 6.47. The molecule has 21 heavy (non-hydrogen) atoms. The molecule has 0 aliphatic heterocycles. The lowest BCUT2D eigenvalue weighted by atomic mass is 10.1. The van der Waals surface area contributed by atoms with E-state index in [0.29, 0.717) is 6.54 Å². The van der Waals surface area contributed by atoms with Crippen molar-refractivity contribution in [3.05, 3.63) is 28.8 Å². The highest BCUT2D eigenvalue weighted by molar-refractivity contribution is 6.31. The Bertz CT molecular complexity index is 483. The van der Waals surface area contributed by atoms with Crippen LogP contribution in [0.5, 0.6) is 0 Å². The van der Waals surface area contributed by atoms with Crippen LogP contribution < -0.4 is 15.5 Å². The summed E-state index contributed by atoms with van der Waals surface area (Å²) in [4.78, 5) is 13.5. The molecule has 1 rings (SSSR count). The van der Waals surface area contributed by atoms with Gasteiger partial charge in [0.05, 0.1) is 6.54 Å². The molecule has 118 valence electrons. The van der Waals surface area contributed by atoms with Gasteiger partial charge < -0.3 is 15.5 Å². The van der Waals surface area contributed by atoms with Gasteiger partial charge in [-0.15, -0.1) is 0 Å². The number of anilines is 1. The average molecular weight is 312 g/mol. The van der Waals surface area contributed by atoms with Crippen molar-refractivity contribution in [3.63, 3.8) is 0 Å². The number of halogens is 1. The maximum Gasteiger partial charge on any atom is 0.239 e. The summed E-state index contributed by atoms with van der Waals surface area (Å²) in [6.45, 7) is 10.2. The number of amides is 1. The van der Waals surface area contributed by atoms with E-state index in [1.165, 1.54) is 0 Å². The molecule has 1 amide bonds. The minimum Gasteiger partial charge on any atom is -0.362 e. The molecule has 0 atom stereocenters. The molecule has 0 aliphatic carbocycles. The first kappa shape index (κ1) is 17.8. The summed E-state index contributed by atoms with van der Waals surface area (Å²) in [5.41, 5.74) is 2.08. The van der Waals surface area contributed by atoms with Crippen molar-refractivity contribution in [1.82, 2.24) is 10.6 Å². The number of hydrogen-bond donors (Lipinski definition) is 2. The molecule has 0 saturated heterocycles. The van der Waals surface area contributed by atoms with Gasteiger partial charge in [0.15, 0.2) is 0 Å². The Morgan fingerprint density at radius 1 is 1.33 bits per heavy atom. The fraction of sp³-hybridized carbons (Fsp3) is 0.562. The topological polar surface area (TPSA) is 44.4 Å². The van der Waals surface area contributed by atoms with Crippen LogP contribution in [0.4, 0.5) is 5.69 Å². The minimum atomic E-state index is -0.00792. The van der Waals surface area contributed by atoms with E-state index in [9.17, 15) is 4.79 Å². The van der Waals surface area contributed by atoms with Gasteiger partial charge in [-0.1, -0.05) is 17.7 Å². The Balaban J connectivity index is 2.82. The number of likely N-dealkylation sites (N-methyl/N-ethyl adjacent to an activating group) is 2. The molecular weight excluding hydrogens is 286 g/mol. The van der Waals surface area contributed by atoms with Gasteiger partial charge in [0.2, 0.25) is 5.91 Å². The van der Waals surface area contributed by atoms with Gasteiger partial charge in [0.1, 0.15) is 0 Å². The summed E-state index contributed by atoms with van der Waals surface area (Å²) in [6.07, 6.45) is 0. The monoisotopic (exact) mass is 311 g/mol. The summed E-state index contributed by atoms with van der Waals surface area (Å²) >= 11 is 6.36. The number of carbonyl (C=O) groups is 1. The van der Waals surface area contributed by atoms with E-state index in [1.54, 1.807) is 7.05 Å². The maximum absolute atomic E-state index is 11.5. The molecule has 1 aromatic rings. The van der Waals surface area contributed by atoms with Crippen molar-refractivity contribution in [2.24, 2.45) is 0 Å². The van der Waals surface area contributed by atoms with E-state index in [1.807, 2.05) is 30.0 Å². The Kier molecular flexibility index (Phi) is 6.49. The van der Waals surface area contributed by atoms with Gasteiger partial charge >= 0.3 is 0 Å². The van der Waals surface area contributed by atoms with Gasteiger partial charge in [0, 0.05) is 36.4 Å². The van der Waals surface area contributed by atoms with Crippen LogP contribution in [-0.2, 0) is 11.3 Å². The quantitative estimate of drug-likeness (QED) is 0.849. The van der Waals surface area contributed by atoms with Crippen molar-refractivity contribution >= 4 is 23.2 Å². The van der Waals surface area contributed by atoms with E-state index in [2.05, 4.69) is 31.4 Å².